The van der Waals surface area contributed by atoms with Gasteiger partial charge in [-0.3, -0.25) is 9.80 Å². The highest BCUT2D eigenvalue weighted by molar-refractivity contribution is 5.32. The van der Waals surface area contributed by atoms with E-state index in [-0.39, 0.29) is 5.41 Å². The van der Waals surface area contributed by atoms with Gasteiger partial charge in [0.05, 0.1) is 0 Å². The fourth-order valence-corrected chi connectivity index (χ4v) is 5.55. The largest absolute Gasteiger partial charge is 0.298 e. The van der Waals surface area contributed by atoms with Gasteiger partial charge >= 0.3 is 0 Å². The fraction of sp³-hybridized carbons (Fsp3) is 0.538. The van der Waals surface area contributed by atoms with E-state index in [9.17, 15) is 0 Å². The topological polar surface area (TPSA) is 6.48 Å². The number of nitrogens with zero attached hydrogens (tertiary/aromatic N) is 2. The molecule has 2 nitrogen and oxygen atoms in total. The molecule has 0 radical (unpaired) electrons. The molecule has 1 aliphatic heterocycles. The van der Waals surface area contributed by atoms with Crippen LogP contribution in [0.2, 0.25) is 0 Å². The van der Waals surface area contributed by atoms with E-state index < -0.39 is 0 Å². The van der Waals surface area contributed by atoms with Gasteiger partial charge in [0.15, 0.2) is 0 Å². The van der Waals surface area contributed by atoms with Crippen molar-refractivity contribution in [3.63, 3.8) is 0 Å². The number of hydrogen-bond acceptors (Lipinski definition) is 2. The summed E-state index contributed by atoms with van der Waals surface area (Å²) in [6, 6.07) is 23.5. The van der Waals surface area contributed by atoms with E-state index in [0.29, 0.717) is 6.04 Å². The van der Waals surface area contributed by atoms with Crippen LogP contribution in [0.3, 0.4) is 0 Å². The van der Waals surface area contributed by atoms with E-state index >= 15 is 0 Å². The van der Waals surface area contributed by atoms with Gasteiger partial charge in [0.2, 0.25) is 0 Å². The van der Waals surface area contributed by atoms with Crippen LogP contribution in [0.5, 0.6) is 0 Å². The van der Waals surface area contributed by atoms with Gasteiger partial charge in [-0.25, -0.2) is 0 Å². The Morgan fingerprint density at radius 2 is 1.32 bits per heavy atom. The van der Waals surface area contributed by atoms with Crippen molar-refractivity contribution in [3.8, 4) is 0 Å². The molecule has 150 valence electrons. The van der Waals surface area contributed by atoms with E-state index in [1.54, 1.807) is 0 Å². The molecular weight excluding hydrogens is 340 g/mol. The molecule has 1 saturated heterocycles. The molecule has 2 aliphatic rings. The van der Waals surface area contributed by atoms with Crippen molar-refractivity contribution in [2.24, 2.45) is 0 Å². The second-order valence-corrected chi connectivity index (χ2v) is 9.26. The van der Waals surface area contributed by atoms with Crippen molar-refractivity contribution in [3.05, 3.63) is 71.8 Å². The molecule has 1 saturated carbocycles. The zero-order valence-corrected chi connectivity index (χ0v) is 17.7. The van der Waals surface area contributed by atoms with E-state index in [2.05, 4.69) is 84.3 Å². The van der Waals surface area contributed by atoms with Gasteiger partial charge in [-0.1, -0.05) is 93.8 Å². The van der Waals surface area contributed by atoms with Crippen LogP contribution in [-0.2, 0) is 5.41 Å². The maximum Gasteiger partial charge on any atom is 0.0440 e. The standard InChI is InChI=1S/C26H36N2/c1-26(2,23-14-8-4-9-15-23)25(22-12-6-3-7-13-22)28-20-18-27(19-21-28)24-16-10-5-11-17-24/h3-4,6-9,12-15,24-25H,5,10-11,16-21H2,1-2H3. The molecule has 2 fully saturated rings. The second-order valence-electron chi connectivity index (χ2n) is 9.26. The summed E-state index contributed by atoms with van der Waals surface area (Å²) < 4.78 is 0. The first-order valence-corrected chi connectivity index (χ1v) is 11.2. The minimum atomic E-state index is 0.0651. The summed E-state index contributed by atoms with van der Waals surface area (Å²) in [5.74, 6) is 0. The zero-order valence-electron chi connectivity index (χ0n) is 17.7. The van der Waals surface area contributed by atoms with Gasteiger partial charge in [0.1, 0.15) is 0 Å². The minimum Gasteiger partial charge on any atom is -0.298 e. The van der Waals surface area contributed by atoms with Crippen LogP contribution < -0.4 is 0 Å². The lowest BCUT2D eigenvalue weighted by Crippen LogP contribution is -2.54. The van der Waals surface area contributed by atoms with Gasteiger partial charge in [0, 0.05) is 43.7 Å². The van der Waals surface area contributed by atoms with Gasteiger partial charge in [-0.15, -0.1) is 0 Å². The summed E-state index contributed by atoms with van der Waals surface area (Å²) in [6.45, 7) is 9.64. The molecule has 1 aliphatic carbocycles. The smallest absolute Gasteiger partial charge is 0.0440 e. The molecule has 2 aromatic carbocycles. The lowest BCUT2D eigenvalue weighted by molar-refractivity contribution is 0.0358. The molecule has 0 aromatic heterocycles. The Kier molecular flexibility index (Phi) is 6.18. The van der Waals surface area contributed by atoms with Crippen LogP contribution in [-0.4, -0.2) is 42.0 Å². The van der Waals surface area contributed by atoms with Crippen molar-refractivity contribution in [1.29, 1.82) is 0 Å². The van der Waals surface area contributed by atoms with Crippen molar-refractivity contribution < 1.29 is 0 Å². The molecule has 0 amide bonds. The molecular formula is C26H36N2. The molecule has 1 heterocycles. The van der Waals surface area contributed by atoms with Crippen molar-refractivity contribution in [1.82, 2.24) is 9.80 Å². The second kappa shape index (κ2) is 8.80. The van der Waals surface area contributed by atoms with Crippen molar-refractivity contribution in [2.45, 2.75) is 63.5 Å². The molecule has 2 heteroatoms. The summed E-state index contributed by atoms with van der Waals surface area (Å²) >= 11 is 0. The maximum atomic E-state index is 2.78. The van der Waals surface area contributed by atoms with E-state index in [4.69, 9.17) is 0 Å². The highest BCUT2D eigenvalue weighted by Gasteiger charge is 2.38. The zero-order chi connectivity index (χ0) is 19.4. The number of benzene rings is 2. The van der Waals surface area contributed by atoms with E-state index in [1.165, 1.54) is 69.4 Å². The average molecular weight is 377 g/mol. The molecule has 2 aromatic rings. The lowest BCUT2D eigenvalue weighted by atomic mass is 9.74. The molecule has 1 unspecified atom stereocenters. The first-order valence-electron chi connectivity index (χ1n) is 11.2. The molecule has 0 bridgehead atoms. The minimum absolute atomic E-state index is 0.0651. The summed E-state index contributed by atoms with van der Waals surface area (Å²) in [4.78, 5) is 5.54. The van der Waals surface area contributed by atoms with Crippen LogP contribution in [0.1, 0.15) is 63.1 Å². The van der Waals surface area contributed by atoms with Gasteiger partial charge in [-0.2, -0.15) is 0 Å². The van der Waals surface area contributed by atoms with Gasteiger partial charge in [-0.05, 0) is 24.0 Å². The Bertz CT molecular complexity index is 711. The molecule has 28 heavy (non-hydrogen) atoms. The highest BCUT2D eigenvalue weighted by Crippen LogP contribution is 2.41. The van der Waals surface area contributed by atoms with Crippen LogP contribution in [0, 0.1) is 0 Å². The van der Waals surface area contributed by atoms with E-state index in [1.807, 2.05) is 0 Å². The Morgan fingerprint density at radius 3 is 1.93 bits per heavy atom. The van der Waals surface area contributed by atoms with Gasteiger partial charge < -0.3 is 0 Å². The van der Waals surface area contributed by atoms with Crippen LogP contribution in [0.15, 0.2) is 60.7 Å². The number of piperazine rings is 1. The average Bonchev–Trinajstić information content (AvgIpc) is 2.76. The van der Waals surface area contributed by atoms with Crippen molar-refractivity contribution >= 4 is 0 Å². The normalized spacial score (nSPS) is 21.5. The predicted molar refractivity (Wildman–Crippen MR) is 119 cm³/mol. The first-order chi connectivity index (χ1) is 13.7. The van der Waals surface area contributed by atoms with Crippen molar-refractivity contribution in [2.75, 3.05) is 26.2 Å². The quantitative estimate of drug-likeness (QED) is 0.665. The monoisotopic (exact) mass is 376 g/mol. The third-order valence-corrected chi connectivity index (χ3v) is 7.12. The first kappa shape index (κ1) is 19.7. The molecule has 1 atom stereocenters. The highest BCUT2D eigenvalue weighted by atomic mass is 15.3. The number of hydrogen-bond donors (Lipinski definition) is 0. The summed E-state index contributed by atoms with van der Waals surface area (Å²) in [6.07, 6.45) is 7.13. The third-order valence-electron chi connectivity index (χ3n) is 7.12. The lowest BCUT2D eigenvalue weighted by Gasteiger charge is -2.48. The summed E-state index contributed by atoms with van der Waals surface area (Å²) in [7, 11) is 0. The predicted octanol–water partition coefficient (Wildman–Crippen LogP) is 5.66. The third kappa shape index (κ3) is 4.18. The Morgan fingerprint density at radius 1 is 0.750 bits per heavy atom. The van der Waals surface area contributed by atoms with Crippen LogP contribution in [0.25, 0.3) is 0 Å². The van der Waals surface area contributed by atoms with Gasteiger partial charge in [0.25, 0.3) is 0 Å². The van der Waals surface area contributed by atoms with Crippen LogP contribution in [0.4, 0.5) is 0 Å². The fourth-order valence-electron chi connectivity index (χ4n) is 5.55. The van der Waals surface area contributed by atoms with Crippen LogP contribution >= 0.6 is 0 Å². The Hall–Kier alpha value is -1.64. The van der Waals surface area contributed by atoms with E-state index in [0.717, 1.165) is 6.04 Å². The SMILES string of the molecule is CC(C)(c1ccccc1)C(c1ccccc1)N1CCN(C2CCCCC2)CC1. The Balaban J connectivity index is 1.55. The summed E-state index contributed by atoms with van der Waals surface area (Å²) in [5, 5.41) is 0. The Labute approximate surface area is 171 Å². The molecule has 0 spiro atoms. The molecule has 4 rings (SSSR count). The summed E-state index contributed by atoms with van der Waals surface area (Å²) in [5.41, 5.74) is 2.94. The number of rotatable bonds is 5. The maximum absolute atomic E-state index is 2.78. The molecule has 0 N–H and O–H groups in total.